The zero-order chi connectivity index (χ0) is 13.5. The fraction of sp³-hybridized carbons (Fsp3) is 0.700. The molecule has 0 fully saturated rings. The van der Waals surface area contributed by atoms with Crippen LogP contribution in [0.3, 0.4) is 0 Å². The summed E-state index contributed by atoms with van der Waals surface area (Å²) < 4.78 is 6.63. The van der Waals surface area contributed by atoms with Crippen LogP contribution in [0, 0.1) is 17.0 Å². The molecule has 2 N–H and O–H groups in total. The van der Waals surface area contributed by atoms with Crippen LogP contribution >= 0.6 is 0 Å². The van der Waals surface area contributed by atoms with Crippen LogP contribution in [0.25, 0.3) is 0 Å². The van der Waals surface area contributed by atoms with Gasteiger partial charge in [0.1, 0.15) is 5.69 Å². The first-order chi connectivity index (χ1) is 8.61. The maximum atomic E-state index is 11.0. The summed E-state index contributed by atoms with van der Waals surface area (Å²) in [5.41, 5.74) is 0.389. The first-order valence-corrected chi connectivity index (χ1v) is 5.76. The van der Waals surface area contributed by atoms with E-state index >= 15 is 0 Å². The van der Waals surface area contributed by atoms with Gasteiger partial charge in [0.25, 0.3) is 0 Å². The van der Waals surface area contributed by atoms with E-state index in [4.69, 9.17) is 9.84 Å². The van der Waals surface area contributed by atoms with E-state index in [9.17, 15) is 10.1 Å². The van der Waals surface area contributed by atoms with Crippen molar-refractivity contribution in [3.05, 3.63) is 15.8 Å². The highest BCUT2D eigenvalue weighted by molar-refractivity contribution is 5.59. The Morgan fingerprint density at radius 3 is 2.83 bits per heavy atom. The Labute approximate surface area is 105 Å². The van der Waals surface area contributed by atoms with Crippen molar-refractivity contribution in [1.29, 1.82) is 0 Å². The number of aliphatic hydroxyl groups excluding tert-OH is 1. The SMILES string of the molecule is CCn1nc(C)c([N+](=O)[O-])c1NCCOCCO. The Hall–Kier alpha value is -1.67. The molecule has 8 heteroatoms. The molecule has 0 radical (unpaired) electrons. The van der Waals surface area contributed by atoms with E-state index in [1.165, 1.54) is 0 Å². The number of aryl methyl sites for hydroxylation is 2. The quantitative estimate of drug-likeness (QED) is 0.401. The Balaban J connectivity index is 2.70. The summed E-state index contributed by atoms with van der Waals surface area (Å²) in [6, 6.07) is 0. The molecule has 0 amide bonds. The highest BCUT2D eigenvalue weighted by atomic mass is 16.6. The zero-order valence-electron chi connectivity index (χ0n) is 10.5. The van der Waals surface area contributed by atoms with Crippen LogP contribution in [0.5, 0.6) is 0 Å². The van der Waals surface area contributed by atoms with Crippen LogP contribution in [-0.4, -0.2) is 46.2 Å². The van der Waals surface area contributed by atoms with Gasteiger partial charge in [-0.15, -0.1) is 0 Å². The normalized spacial score (nSPS) is 10.6. The summed E-state index contributed by atoms with van der Waals surface area (Å²) in [6.07, 6.45) is 0. The van der Waals surface area contributed by atoms with Crippen LogP contribution in [0.4, 0.5) is 11.5 Å². The van der Waals surface area contributed by atoms with E-state index in [1.54, 1.807) is 11.6 Å². The molecule has 0 spiro atoms. The van der Waals surface area contributed by atoms with Crippen LogP contribution in [0.15, 0.2) is 0 Å². The van der Waals surface area contributed by atoms with E-state index in [0.717, 1.165) is 0 Å². The van der Waals surface area contributed by atoms with Crippen molar-refractivity contribution in [1.82, 2.24) is 9.78 Å². The molecular weight excluding hydrogens is 240 g/mol. The van der Waals surface area contributed by atoms with Gasteiger partial charge >= 0.3 is 5.69 Å². The first kappa shape index (κ1) is 14.4. The largest absolute Gasteiger partial charge is 0.394 e. The number of rotatable bonds is 8. The Bertz CT molecular complexity index is 405. The van der Waals surface area contributed by atoms with Gasteiger partial charge in [0, 0.05) is 13.1 Å². The summed E-state index contributed by atoms with van der Waals surface area (Å²) in [7, 11) is 0. The maximum Gasteiger partial charge on any atom is 0.333 e. The third-order valence-electron chi connectivity index (χ3n) is 2.35. The number of nitrogens with one attached hydrogen (secondary N) is 1. The van der Waals surface area contributed by atoms with Crippen molar-refractivity contribution in [3.8, 4) is 0 Å². The van der Waals surface area contributed by atoms with Gasteiger partial charge in [0.15, 0.2) is 0 Å². The van der Waals surface area contributed by atoms with E-state index in [1.807, 2.05) is 6.92 Å². The number of aliphatic hydroxyl groups is 1. The average molecular weight is 258 g/mol. The fourth-order valence-electron chi connectivity index (χ4n) is 1.60. The molecule has 1 aromatic heterocycles. The number of ether oxygens (including phenoxy) is 1. The van der Waals surface area contributed by atoms with Gasteiger partial charge in [-0.1, -0.05) is 0 Å². The van der Waals surface area contributed by atoms with Crippen LogP contribution in [0.1, 0.15) is 12.6 Å². The monoisotopic (exact) mass is 258 g/mol. The number of anilines is 1. The average Bonchev–Trinajstić information content (AvgIpc) is 2.65. The molecule has 0 aliphatic heterocycles. The minimum Gasteiger partial charge on any atom is -0.394 e. The molecule has 0 saturated heterocycles. The maximum absolute atomic E-state index is 11.0. The molecule has 8 nitrogen and oxygen atoms in total. The lowest BCUT2D eigenvalue weighted by atomic mass is 10.4. The summed E-state index contributed by atoms with van der Waals surface area (Å²) in [5.74, 6) is 0.396. The number of nitro groups is 1. The third kappa shape index (κ3) is 3.41. The van der Waals surface area contributed by atoms with Gasteiger partial charge < -0.3 is 15.2 Å². The minimum atomic E-state index is -0.439. The van der Waals surface area contributed by atoms with Gasteiger partial charge in [0.2, 0.25) is 5.82 Å². The van der Waals surface area contributed by atoms with Gasteiger partial charge in [-0.2, -0.15) is 5.10 Å². The van der Waals surface area contributed by atoms with E-state index in [-0.39, 0.29) is 18.9 Å². The Kier molecular flexibility index (Phi) is 5.53. The van der Waals surface area contributed by atoms with Crippen LogP contribution in [0.2, 0.25) is 0 Å². The Morgan fingerprint density at radius 1 is 1.56 bits per heavy atom. The molecule has 18 heavy (non-hydrogen) atoms. The molecule has 1 rings (SSSR count). The lowest BCUT2D eigenvalue weighted by Gasteiger charge is -2.07. The summed E-state index contributed by atoms with van der Waals surface area (Å²) in [5, 5.41) is 26.5. The van der Waals surface area contributed by atoms with Gasteiger partial charge in [-0.05, 0) is 13.8 Å². The number of hydrogen-bond donors (Lipinski definition) is 2. The highest BCUT2D eigenvalue weighted by Gasteiger charge is 2.24. The Morgan fingerprint density at radius 2 is 2.28 bits per heavy atom. The molecular formula is C10H18N4O4. The number of nitrogens with zero attached hydrogens (tertiary/aromatic N) is 3. The number of hydrogen-bond acceptors (Lipinski definition) is 6. The van der Waals surface area contributed by atoms with Crippen molar-refractivity contribution >= 4 is 11.5 Å². The van der Waals surface area contributed by atoms with Crippen molar-refractivity contribution in [2.24, 2.45) is 0 Å². The summed E-state index contributed by atoms with van der Waals surface area (Å²) in [6.45, 7) is 5.04. The topological polar surface area (TPSA) is 102 Å². The molecule has 0 saturated carbocycles. The van der Waals surface area contributed by atoms with Gasteiger partial charge in [0.05, 0.1) is 24.7 Å². The van der Waals surface area contributed by atoms with Crippen molar-refractivity contribution < 1.29 is 14.8 Å². The van der Waals surface area contributed by atoms with Gasteiger partial charge in [-0.3, -0.25) is 10.1 Å². The van der Waals surface area contributed by atoms with E-state index in [2.05, 4.69) is 10.4 Å². The van der Waals surface area contributed by atoms with E-state index in [0.29, 0.717) is 31.2 Å². The predicted molar refractivity (Wildman–Crippen MR) is 65.7 cm³/mol. The second-order valence-corrected chi connectivity index (χ2v) is 3.62. The smallest absolute Gasteiger partial charge is 0.333 e. The molecule has 0 aliphatic rings. The molecule has 0 aliphatic carbocycles. The minimum absolute atomic E-state index is 0.000918. The van der Waals surface area contributed by atoms with Crippen molar-refractivity contribution in [2.75, 3.05) is 31.7 Å². The molecule has 0 unspecified atom stereocenters. The molecule has 0 atom stereocenters. The number of aromatic nitrogens is 2. The third-order valence-corrected chi connectivity index (χ3v) is 2.35. The van der Waals surface area contributed by atoms with Crippen molar-refractivity contribution in [3.63, 3.8) is 0 Å². The molecule has 1 aromatic rings. The second-order valence-electron chi connectivity index (χ2n) is 3.62. The molecule has 0 bridgehead atoms. The molecule has 0 aromatic carbocycles. The van der Waals surface area contributed by atoms with Crippen molar-refractivity contribution in [2.45, 2.75) is 20.4 Å². The summed E-state index contributed by atoms with van der Waals surface area (Å²) in [4.78, 5) is 10.5. The first-order valence-electron chi connectivity index (χ1n) is 5.76. The summed E-state index contributed by atoms with van der Waals surface area (Å²) >= 11 is 0. The lowest BCUT2D eigenvalue weighted by Crippen LogP contribution is -2.14. The lowest BCUT2D eigenvalue weighted by molar-refractivity contribution is -0.384. The predicted octanol–water partition coefficient (Wildman–Crippen LogP) is 0.540. The standard InChI is InChI=1S/C10H18N4O4/c1-3-13-10(11-4-6-18-7-5-15)9(14(16)17)8(2)12-13/h11,15H,3-7H2,1-2H3. The molecule has 102 valence electrons. The fourth-order valence-corrected chi connectivity index (χ4v) is 1.60. The van der Waals surface area contributed by atoms with Crippen LogP contribution in [-0.2, 0) is 11.3 Å². The zero-order valence-corrected chi connectivity index (χ0v) is 10.5. The van der Waals surface area contributed by atoms with Gasteiger partial charge in [-0.25, -0.2) is 4.68 Å². The second kappa shape index (κ2) is 6.92. The molecule has 1 heterocycles. The van der Waals surface area contributed by atoms with E-state index < -0.39 is 4.92 Å². The highest BCUT2D eigenvalue weighted by Crippen LogP contribution is 2.27. The van der Waals surface area contributed by atoms with Crippen LogP contribution < -0.4 is 5.32 Å².